The van der Waals surface area contributed by atoms with Crippen LogP contribution in [0.1, 0.15) is 44.7 Å². The minimum atomic E-state index is -4.48. The van der Waals surface area contributed by atoms with E-state index < -0.39 is 11.7 Å². The van der Waals surface area contributed by atoms with Crippen LogP contribution in [0.15, 0.2) is 18.2 Å². The summed E-state index contributed by atoms with van der Waals surface area (Å²) in [5.41, 5.74) is 4.86. The van der Waals surface area contributed by atoms with Crippen LogP contribution < -0.4 is 11.1 Å². The third-order valence-corrected chi connectivity index (χ3v) is 3.96. The van der Waals surface area contributed by atoms with Gasteiger partial charge in [-0.1, -0.05) is 38.9 Å². The van der Waals surface area contributed by atoms with Crippen LogP contribution in [0.3, 0.4) is 0 Å². The number of thiocarbonyl (C=S) groups is 1. The maximum absolute atomic E-state index is 13.1. The molecule has 118 valence electrons. The summed E-state index contributed by atoms with van der Waals surface area (Å²) in [7, 11) is 0. The van der Waals surface area contributed by atoms with Crippen LogP contribution in [-0.4, -0.2) is 11.0 Å². The van der Waals surface area contributed by atoms with E-state index in [2.05, 4.69) is 31.4 Å². The second-order valence-electron chi connectivity index (χ2n) is 5.13. The average Bonchev–Trinajstić information content (AvgIpc) is 2.38. The SMILES string of the molecule is CCC(CC)C(C)Nc1ccc(C(N)=S)c(C(F)(F)F)c1. The Morgan fingerprint density at radius 1 is 1.29 bits per heavy atom. The molecule has 0 radical (unpaired) electrons. The summed E-state index contributed by atoms with van der Waals surface area (Å²) in [5.74, 6) is 0.412. The number of nitrogens with one attached hydrogen (secondary N) is 1. The fraction of sp³-hybridized carbons (Fsp3) is 0.533. The Labute approximate surface area is 128 Å². The van der Waals surface area contributed by atoms with Crippen LogP contribution >= 0.6 is 12.2 Å². The van der Waals surface area contributed by atoms with Gasteiger partial charge in [-0.15, -0.1) is 0 Å². The first-order valence-electron chi connectivity index (χ1n) is 6.98. The quantitative estimate of drug-likeness (QED) is 0.754. The molecule has 6 heteroatoms. The van der Waals surface area contributed by atoms with E-state index in [1.165, 1.54) is 6.07 Å². The molecule has 0 aliphatic heterocycles. The highest BCUT2D eigenvalue weighted by molar-refractivity contribution is 7.80. The lowest BCUT2D eigenvalue weighted by Gasteiger charge is -2.24. The Morgan fingerprint density at radius 3 is 2.29 bits per heavy atom. The minimum absolute atomic E-state index is 0.0942. The predicted molar refractivity (Wildman–Crippen MR) is 84.5 cm³/mol. The average molecular weight is 318 g/mol. The second-order valence-corrected chi connectivity index (χ2v) is 5.57. The highest BCUT2D eigenvalue weighted by Gasteiger charge is 2.34. The fourth-order valence-electron chi connectivity index (χ4n) is 2.46. The van der Waals surface area contributed by atoms with Crippen LogP contribution in [0.5, 0.6) is 0 Å². The van der Waals surface area contributed by atoms with Gasteiger partial charge in [0.05, 0.1) is 5.56 Å². The number of hydrogen-bond donors (Lipinski definition) is 2. The van der Waals surface area contributed by atoms with Crippen molar-refractivity contribution in [3.63, 3.8) is 0 Å². The van der Waals surface area contributed by atoms with Crippen LogP contribution in [0.2, 0.25) is 0 Å². The molecule has 1 aromatic carbocycles. The smallest absolute Gasteiger partial charge is 0.389 e. The van der Waals surface area contributed by atoms with Crippen molar-refractivity contribution in [2.24, 2.45) is 11.7 Å². The normalized spacial score (nSPS) is 13.3. The molecule has 0 spiro atoms. The third kappa shape index (κ3) is 4.59. The van der Waals surface area contributed by atoms with E-state index in [1.54, 1.807) is 6.07 Å². The van der Waals surface area contributed by atoms with Gasteiger partial charge in [0.1, 0.15) is 4.99 Å². The minimum Gasteiger partial charge on any atom is -0.389 e. The summed E-state index contributed by atoms with van der Waals surface area (Å²) in [6, 6.07) is 4.08. The van der Waals surface area contributed by atoms with Gasteiger partial charge in [0.15, 0.2) is 0 Å². The van der Waals surface area contributed by atoms with Gasteiger partial charge >= 0.3 is 6.18 Å². The summed E-state index contributed by atoms with van der Waals surface area (Å²) in [6.45, 7) is 6.12. The molecule has 0 amide bonds. The molecule has 0 fully saturated rings. The van der Waals surface area contributed by atoms with E-state index in [1.807, 2.05) is 6.92 Å². The van der Waals surface area contributed by atoms with Crippen molar-refractivity contribution >= 4 is 22.9 Å². The molecule has 0 aromatic heterocycles. The number of halogens is 3. The number of benzene rings is 1. The number of hydrogen-bond acceptors (Lipinski definition) is 2. The maximum Gasteiger partial charge on any atom is 0.417 e. The van der Waals surface area contributed by atoms with Crippen molar-refractivity contribution in [1.82, 2.24) is 0 Å². The molecule has 0 heterocycles. The number of anilines is 1. The van der Waals surface area contributed by atoms with Crippen molar-refractivity contribution in [1.29, 1.82) is 0 Å². The van der Waals surface area contributed by atoms with Gasteiger partial charge in [0.25, 0.3) is 0 Å². The lowest BCUT2D eigenvalue weighted by molar-refractivity contribution is -0.137. The molecule has 1 aromatic rings. The summed E-state index contributed by atoms with van der Waals surface area (Å²) >= 11 is 4.69. The van der Waals surface area contributed by atoms with Crippen molar-refractivity contribution in [2.75, 3.05) is 5.32 Å². The van der Waals surface area contributed by atoms with E-state index in [0.717, 1.165) is 18.9 Å². The van der Waals surface area contributed by atoms with Crippen molar-refractivity contribution in [3.05, 3.63) is 29.3 Å². The van der Waals surface area contributed by atoms with Crippen LogP contribution in [0.4, 0.5) is 18.9 Å². The zero-order valence-electron chi connectivity index (χ0n) is 12.4. The predicted octanol–water partition coefficient (Wildman–Crippen LogP) is 4.58. The topological polar surface area (TPSA) is 38.0 Å². The highest BCUT2D eigenvalue weighted by Crippen LogP contribution is 2.34. The Morgan fingerprint density at radius 2 is 1.86 bits per heavy atom. The molecule has 1 atom stereocenters. The number of alkyl halides is 3. The lowest BCUT2D eigenvalue weighted by atomic mass is 9.95. The summed E-state index contributed by atoms with van der Waals surface area (Å²) < 4.78 is 39.2. The molecule has 1 unspecified atom stereocenters. The molecule has 0 aliphatic rings. The van der Waals surface area contributed by atoms with Crippen molar-refractivity contribution in [2.45, 2.75) is 45.8 Å². The van der Waals surface area contributed by atoms with Gasteiger partial charge in [-0.2, -0.15) is 13.2 Å². The second kappa shape index (κ2) is 7.11. The molecular formula is C15H21F3N2S. The fourth-order valence-corrected chi connectivity index (χ4v) is 2.64. The molecule has 0 bridgehead atoms. The largest absolute Gasteiger partial charge is 0.417 e. The molecule has 0 saturated carbocycles. The van der Waals surface area contributed by atoms with Gasteiger partial charge < -0.3 is 11.1 Å². The van der Waals surface area contributed by atoms with Crippen LogP contribution in [0, 0.1) is 5.92 Å². The van der Waals surface area contributed by atoms with E-state index in [4.69, 9.17) is 5.73 Å². The lowest BCUT2D eigenvalue weighted by Crippen LogP contribution is -2.25. The first kappa shape index (κ1) is 17.8. The Kier molecular flexibility index (Phi) is 6.01. The monoisotopic (exact) mass is 318 g/mol. The Balaban J connectivity index is 3.09. The van der Waals surface area contributed by atoms with Crippen molar-refractivity contribution in [3.8, 4) is 0 Å². The molecule has 0 saturated heterocycles. The van der Waals surface area contributed by atoms with E-state index in [9.17, 15) is 13.2 Å². The third-order valence-electron chi connectivity index (χ3n) is 3.74. The van der Waals surface area contributed by atoms with Gasteiger partial charge in [-0.3, -0.25) is 0 Å². The zero-order chi connectivity index (χ0) is 16.2. The highest BCUT2D eigenvalue weighted by atomic mass is 32.1. The first-order chi connectivity index (χ1) is 9.70. The maximum atomic E-state index is 13.1. The number of nitrogens with two attached hydrogens (primary N) is 1. The molecule has 2 nitrogen and oxygen atoms in total. The van der Waals surface area contributed by atoms with Gasteiger partial charge in [-0.25, -0.2) is 0 Å². The van der Waals surface area contributed by atoms with E-state index >= 15 is 0 Å². The molecule has 0 aliphatic carbocycles. The summed E-state index contributed by atoms with van der Waals surface area (Å²) in [6.07, 6.45) is -2.53. The van der Waals surface area contributed by atoms with Crippen molar-refractivity contribution < 1.29 is 13.2 Å². The van der Waals surface area contributed by atoms with E-state index in [-0.39, 0.29) is 16.6 Å². The van der Waals surface area contributed by atoms with Gasteiger partial charge in [-0.05, 0) is 31.0 Å². The van der Waals surface area contributed by atoms with E-state index in [0.29, 0.717) is 11.6 Å². The first-order valence-corrected chi connectivity index (χ1v) is 7.39. The Hall–Kier alpha value is -1.30. The zero-order valence-corrected chi connectivity index (χ0v) is 13.2. The van der Waals surface area contributed by atoms with Crippen LogP contribution in [0.25, 0.3) is 0 Å². The molecule has 3 N–H and O–H groups in total. The summed E-state index contributed by atoms with van der Waals surface area (Å²) in [4.78, 5) is -0.248. The van der Waals surface area contributed by atoms with Gasteiger partial charge in [0.2, 0.25) is 0 Å². The summed E-state index contributed by atoms with van der Waals surface area (Å²) in [5, 5.41) is 3.14. The van der Waals surface area contributed by atoms with Gasteiger partial charge in [0, 0.05) is 17.3 Å². The standard InChI is InChI=1S/C15H21F3N2S/c1-4-10(5-2)9(3)20-11-6-7-12(14(19)21)13(8-11)15(16,17)18/h6-10,20H,4-5H2,1-3H3,(H2,19,21). The number of rotatable bonds is 6. The molecular weight excluding hydrogens is 297 g/mol. The molecule has 1 rings (SSSR count). The Bertz CT molecular complexity index is 496. The van der Waals surface area contributed by atoms with Crippen LogP contribution in [-0.2, 0) is 6.18 Å². The molecule has 21 heavy (non-hydrogen) atoms.